The van der Waals surface area contributed by atoms with Crippen molar-refractivity contribution in [2.24, 2.45) is 0 Å². The van der Waals surface area contributed by atoms with Gasteiger partial charge in [0.2, 0.25) is 5.91 Å². The lowest BCUT2D eigenvalue weighted by atomic mass is 10.2. The second kappa shape index (κ2) is 9.27. The number of nitrogens with zero attached hydrogens (tertiary/aromatic N) is 4. The molecule has 9 heteroatoms. The molecule has 7 nitrogen and oxygen atoms in total. The number of carbonyl (C=O) groups is 1. The number of anilines is 2. The molecule has 1 aromatic heterocycles. The van der Waals surface area contributed by atoms with Crippen LogP contribution < -0.4 is 10.2 Å². The molecular weight excluding hydrogens is 405 g/mol. The minimum absolute atomic E-state index is 0.136. The average molecular weight is 428 g/mol. The summed E-state index contributed by atoms with van der Waals surface area (Å²) >= 11 is 1.27. The van der Waals surface area contributed by atoms with Crippen molar-refractivity contribution in [3.63, 3.8) is 0 Å². The molecule has 1 amide bonds. The Kier molecular flexibility index (Phi) is 6.29. The van der Waals surface area contributed by atoms with E-state index >= 15 is 0 Å². The number of aromatic nitrogens is 3. The number of halogens is 1. The standard InChI is InChI=1S/C21H22FN5O2S/c1-15-2-5-17(6-3-15)27-14-23-25-21(27)30-13-20(28)24-16-4-7-19(18(22)12-16)26-8-10-29-11-9-26/h2-7,12,14H,8-11,13H2,1H3,(H,24,28). The first kappa shape index (κ1) is 20.4. The molecular formula is C21H22FN5O2S. The van der Waals surface area contributed by atoms with Crippen molar-refractivity contribution >= 4 is 29.0 Å². The van der Waals surface area contributed by atoms with Crippen molar-refractivity contribution in [3.8, 4) is 5.69 Å². The van der Waals surface area contributed by atoms with Gasteiger partial charge in [0, 0.05) is 24.5 Å². The number of carbonyl (C=O) groups excluding carboxylic acids is 1. The zero-order valence-electron chi connectivity index (χ0n) is 16.5. The van der Waals surface area contributed by atoms with Crippen LogP contribution in [0.25, 0.3) is 5.69 Å². The number of aryl methyl sites for hydroxylation is 1. The van der Waals surface area contributed by atoms with Gasteiger partial charge in [0.05, 0.1) is 24.7 Å². The molecule has 1 saturated heterocycles. The molecule has 0 radical (unpaired) electrons. The second-order valence-electron chi connectivity index (χ2n) is 6.92. The number of rotatable bonds is 6. The number of hydrogen-bond acceptors (Lipinski definition) is 6. The van der Waals surface area contributed by atoms with Crippen molar-refractivity contribution in [2.45, 2.75) is 12.1 Å². The van der Waals surface area contributed by atoms with Crippen LogP contribution in [0.15, 0.2) is 53.9 Å². The lowest BCUT2D eigenvalue weighted by Crippen LogP contribution is -2.36. The molecule has 2 heterocycles. The van der Waals surface area contributed by atoms with E-state index in [-0.39, 0.29) is 17.5 Å². The summed E-state index contributed by atoms with van der Waals surface area (Å²) in [6.45, 7) is 4.50. The molecule has 4 rings (SSSR count). The Morgan fingerprint density at radius 1 is 1.20 bits per heavy atom. The van der Waals surface area contributed by atoms with Crippen molar-refractivity contribution in [1.82, 2.24) is 14.8 Å². The molecule has 0 saturated carbocycles. The minimum Gasteiger partial charge on any atom is -0.378 e. The van der Waals surface area contributed by atoms with Gasteiger partial charge >= 0.3 is 0 Å². The normalized spacial score (nSPS) is 14.0. The van der Waals surface area contributed by atoms with Gasteiger partial charge in [-0.3, -0.25) is 9.36 Å². The molecule has 3 aromatic rings. The molecule has 0 unspecified atom stereocenters. The number of nitrogens with one attached hydrogen (secondary N) is 1. The van der Waals surface area contributed by atoms with Gasteiger partial charge in [0.15, 0.2) is 5.16 Å². The van der Waals surface area contributed by atoms with E-state index in [0.29, 0.717) is 42.8 Å². The summed E-state index contributed by atoms with van der Waals surface area (Å²) in [4.78, 5) is 14.3. The molecule has 1 aliphatic rings. The van der Waals surface area contributed by atoms with Gasteiger partial charge in [-0.1, -0.05) is 29.5 Å². The zero-order chi connectivity index (χ0) is 20.9. The highest BCUT2D eigenvalue weighted by Crippen LogP contribution is 2.24. The summed E-state index contributed by atoms with van der Waals surface area (Å²) in [5.74, 6) is -0.462. The van der Waals surface area contributed by atoms with Crippen LogP contribution in [0.3, 0.4) is 0 Å². The first-order valence-corrected chi connectivity index (χ1v) is 10.6. The lowest BCUT2D eigenvalue weighted by Gasteiger charge is -2.29. The zero-order valence-corrected chi connectivity index (χ0v) is 17.4. The third-order valence-corrected chi connectivity index (χ3v) is 5.69. The summed E-state index contributed by atoms with van der Waals surface area (Å²) in [7, 11) is 0. The maximum absolute atomic E-state index is 14.5. The number of morpholine rings is 1. The number of benzene rings is 2. The average Bonchev–Trinajstić information content (AvgIpc) is 3.22. The van der Waals surface area contributed by atoms with Crippen LogP contribution in [0.5, 0.6) is 0 Å². The number of amides is 1. The lowest BCUT2D eigenvalue weighted by molar-refractivity contribution is -0.113. The SMILES string of the molecule is Cc1ccc(-n2cnnc2SCC(=O)Nc2ccc(N3CCOCC3)c(F)c2)cc1. The summed E-state index contributed by atoms with van der Waals surface area (Å²) < 4.78 is 21.6. The van der Waals surface area contributed by atoms with E-state index in [0.717, 1.165) is 11.3 Å². The Balaban J connectivity index is 1.36. The van der Waals surface area contributed by atoms with Crippen LogP contribution in [-0.2, 0) is 9.53 Å². The van der Waals surface area contributed by atoms with Crippen LogP contribution in [0, 0.1) is 12.7 Å². The highest BCUT2D eigenvalue weighted by atomic mass is 32.2. The molecule has 0 aliphatic carbocycles. The van der Waals surface area contributed by atoms with E-state index < -0.39 is 0 Å². The van der Waals surface area contributed by atoms with E-state index in [9.17, 15) is 9.18 Å². The van der Waals surface area contributed by atoms with Crippen LogP contribution in [0.1, 0.15) is 5.56 Å². The molecule has 0 atom stereocenters. The Morgan fingerprint density at radius 2 is 1.97 bits per heavy atom. The first-order chi connectivity index (χ1) is 14.6. The predicted molar refractivity (Wildman–Crippen MR) is 115 cm³/mol. The molecule has 1 aliphatic heterocycles. The van der Waals surface area contributed by atoms with Gasteiger partial charge < -0.3 is 15.0 Å². The molecule has 156 valence electrons. The van der Waals surface area contributed by atoms with Gasteiger partial charge in [-0.15, -0.1) is 10.2 Å². The largest absolute Gasteiger partial charge is 0.378 e. The summed E-state index contributed by atoms with van der Waals surface area (Å²) in [5.41, 5.74) is 3.04. The maximum atomic E-state index is 14.5. The predicted octanol–water partition coefficient (Wildman–Crippen LogP) is 3.28. The molecule has 2 aromatic carbocycles. The van der Waals surface area contributed by atoms with Crippen LogP contribution in [-0.4, -0.2) is 52.7 Å². The third kappa shape index (κ3) is 4.80. The smallest absolute Gasteiger partial charge is 0.234 e. The fourth-order valence-corrected chi connectivity index (χ4v) is 3.91. The fraction of sp³-hybridized carbons (Fsp3) is 0.286. The first-order valence-electron chi connectivity index (χ1n) is 9.62. The Labute approximate surface area is 178 Å². The van der Waals surface area contributed by atoms with Crippen LogP contribution >= 0.6 is 11.8 Å². The second-order valence-corrected chi connectivity index (χ2v) is 7.86. The Morgan fingerprint density at radius 3 is 2.70 bits per heavy atom. The van der Waals surface area contributed by atoms with Gasteiger partial charge in [0.1, 0.15) is 12.1 Å². The van der Waals surface area contributed by atoms with Crippen molar-refractivity contribution < 1.29 is 13.9 Å². The van der Waals surface area contributed by atoms with E-state index in [4.69, 9.17) is 4.74 Å². The van der Waals surface area contributed by atoms with Crippen molar-refractivity contribution in [1.29, 1.82) is 0 Å². The Bertz CT molecular complexity index is 1020. The number of ether oxygens (including phenoxy) is 1. The van der Waals surface area contributed by atoms with E-state index in [1.807, 2.05) is 40.7 Å². The van der Waals surface area contributed by atoms with Gasteiger partial charge in [-0.2, -0.15) is 0 Å². The number of thioether (sulfide) groups is 1. The van der Waals surface area contributed by atoms with Crippen LogP contribution in [0.4, 0.5) is 15.8 Å². The highest BCUT2D eigenvalue weighted by molar-refractivity contribution is 7.99. The van der Waals surface area contributed by atoms with E-state index in [2.05, 4.69) is 15.5 Å². The fourth-order valence-electron chi connectivity index (χ4n) is 3.18. The molecule has 0 bridgehead atoms. The topological polar surface area (TPSA) is 72.3 Å². The minimum atomic E-state index is -0.360. The summed E-state index contributed by atoms with van der Waals surface area (Å²) in [6.07, 6.45) is 1.62. The molecule has 1 N–H and O–H groups in total. The van der Waals surface area contributed by atoms with Crippen LogP contribution in [0.2, 0.25) is 0 Å². The summed E-state index contributed by atoms with van der Waals surface area (Å²) in [6, 6.07) is 12.7. The van der Waals surface area contributed by atoms with Crippen molar-refractivity contribution in [3.05, 3.63) is 60.2 Å². The van der Waals surface area contributed by atoms with E-state index in [1.165, 1.54) is 17.8 Å². The third-order valence-electron chi connectivity index (χ3n) is 4.74. The molecule has 0 spiro atoms. The quantitative estimate of drug-likeness (QED) is 0.609. The van der Waals surface area contributed by atoms with Gasteiger partial charge in [-0.25, -0.2) is 4.39 Å². The Hall–Kier alpha value is -2.91. The van der Waals surface area contributed by atoms with Gasteiger partial charge in [-0.05, 0) is 37.3 Å². The maximum Gasteiger partial charge on any atom is 0.234 e. The monoisotopic (exact) mass is 427 g/mol. The highest BCUT2D eigenvalue weighted by Gasteiger charge is 2.16. The molecule has 30 heavy (non-hydrogen) atoms. The number of hydrogen-bond donors (Lipinski definition) is 1. The van der Waals surface area contributed by atoms with Crippen molar-refractivity contribution in [2.75, 3.05) is 42.3 Å². The van der Waals surface area contributed by atoms with E-state index in [1.54, 1.807) is 18.5 Å². The summed E-state index contributed by atoms with van der Waals surface area (Å²) in [5, 5.41) is 11.4. The van der Waals surface area contributed by atoms with Gasteiger partial charge in [0.25, 0.3) is 0 Å². The molecule has 1 fully saturated rings.